The predicted molar refractivity (Wildman–Crippen MR) is 61.8 cm³/mol. The van der Waals surface area contributed by atoms with Crippen LogP contribution in [0.5, 0.6) is 0 Å². The zero-order valence-corrected chi connectivity index (χ0v) is 10.1. The minimum Gasteiger partial charge on any atom is -0.481 e. The van der Waals surface area contributed by atoms with Gasteiger partial charge in [0.05, 0.1) is 11.5 Å². The fourth-order valence-corrected chi connectivity index (χ4v) is 1.80. The lowest BCUT2D eigenvalue weighted by Gasteiger charge is -2.14. The van der Waals surface area contributed by atoms with E-state index in [1.165, 1.54) is 12.1 Å². The van der Waals surface area contributed by atoms with Gasteiger partial charge in [0.15, 0.2) is 0 Å². The topological polar surface area (TPSA) is 37.3 Å². The first-order valence-corrected chi connectivity index (χ1v) is 5.85. The number of halogens is 4. The van der Waals surface area contributed by atoms with Crippen LogP contribution in [0.2, 0.25) is 0 Å². The molecule has 1 N–H and O–H groups in total. The van der Waals surface area contributed by atoms with Crippen molar-refractivity contribution in [2.75, 3.05) is 5.88 Å². The second-order valence-electron chi connectivity index (χ2n) is 3.85. The summed E-state index contributed by atoms with van der Waals surface area (Å²) in [4.78, 5) is 11.0. The largest absolute Gasteiger partial charge is 0.481 e. The van der Waals surface area contributed by atoms with Gasteiger partial charge in [-0.05, 0) is 24.5 Å². The molecule has 1 unspecified atom stereocenters. The molecule has 18 heavy (non-hydrogen) atoms. The third-order valence-corrected chi connectivity index (χ3v) is 2.81. The summed E-state index contributed by atoms with van der Waals surface area (Å²) in [5.74, 6) is -1.81. The van der Waals surface area contributed by atoms with Crippen molar-refractivity contribution in [2.24, 2.45) is 0 Å². The number of alkyl halides is 4. The van der Waals surface area contributed by atoms with Crippen LogP contribution in [0.3, 0.4) is 0 Å². The molecule has 0 fully saturated rings. The first-order chi connectivity index (χ1) is 8.36. The van der Waals surface area contributed by atoms with Crippen LogP contribution in [-0.4, -0.2) is 17.0 Å². The Morgan fingerprint density at radius 1 is 1.39 bits per heavy atom. The average Bonchev–Trinajstić information content (AvgIpc) is 2.28. The summed E-state index contributed by atoms with van der Waals surface area (Å²) in [7, 11) is 0. The van der Waals surface area contributed by atoms with Gasteiger partial charge in [-0.25, -0.2) is 0 Å². The number of rotatable bonds is 5. The summed E-state index contributed by atoms with van der Waals surface area (Å²) in [6, 6.07) is 4.41. The van der Waals surface area contributed by atoms with Crippen LogP contribution in [0.1, 0.15) is 29.9 Å². The van der Waals surface area contributed by atoms with Crippen LogP contribution in [0.15, 0.2) is 24.3 Å². The molecule has 1 atom stereocenters. The average molecular weight is 281 g/mol. The molecule has 0 saturated heterocycles. The normalized spacial score (nSPS) is 13.3. The Bertz CT molecular complexity index is 418. The molecule has 0 aliphatic rings. The summed E-state index contributed by atoms with van der Waals surface area (Å²) in [5, 5.41) is 9.02. The Balaban J connectivity index is 3.02. The summed E-state index contributed by atoms with van der Waals surface area (Å²) in [6.07, 6.45) is -3.81. The molecular formula is C12H12ClF3O2. The van der Waals surface area contributed by atoms with Gasteiger partial charge in [-0.1, -0.05) is 18.2 Å². The Morgan fingerprint density at radius 2 is 2.06 bits per heavy atom. The van der Waals surface area contributed by atoms with E-state index in [0.717, 1.165) is 12.1 Å². The second-order valence-corrected chi connectivity index (χ2v) is 4.22. The predicted octanol–water partition coefficient (Wildman–Crippen LogP) is 3.89. The number of benzene rings is 1. The van der Waals surface area contributed by atoms with Gasteiger partial charge in [0.2, 0.25) is 0 Å². The first-order valence-electron chi connectivity index (χ1n) is 5.32. The summed E-state index contributed by atoms with van der Waals surface area (Å²) >= 11 is 5.47. The third-order valence-electron chi connectivity index (χ3n) is 2.54. The van der Waals surface area contributed by atoms with Gasteiger partial charge in [0.1, 0.15) is 0 Å². The molecular weight excluding hydrogens is 269 g/mol. The highest BCUT2D eigenvalue weighted by atomic mass is 35.5. The van der Waals surface area contributed by atoms with Gasteiger partial charge in [-0.2, -0.15) is 13.2 Å². The molecule has 1 aromatic rings. The second kappa shape index (κ2) is 6.09. The quantitative estimate of drug-likeness (QED) is 0.831. The van der Waals surface area contributed by atoms with Crippen molar-refractivity contribution < 1.29 is 23.1 Å². The molecule has 0 radical (unpaired) electrons. The van der Waals surface area contributed by atoms with Crippen molar-refractivity contribution in [1.29, 1.82) is 0 Å². The molecule has 6 heteroatoms. The number of hydrogen-bond acceptors (Lipinski definition) is 1. The molecule has 0 spiro atoms. The van der Waals surface area contributed by atoms with E-state index in [1.54, 1.807) is 0 Å². The highest BCUT2D eigenvalue weighted by Crippen LogP contribution is 2.32. The third kappa shape index (κ3) is 3.91. The molecule has 0 bridgehead atoms. The van der Waals surface area contributed by atoms with E-state index in [-0.39, 0.29) is 17.9 Å². The molecule has 1 rings (SSSR count). The van der Waals surface area contributed by atoms with E-state index in [0.29, 0.717) is 6.42 Å². The van der Waals surface area contributed by atoms with Crippen molar-refractivity contribution in [3.05, 3.63) is 35.4 Å². The van der Waals surface area contributed by atoms with Crippen molar-refractivity contribution in [3.63, 3.8) is 0 Å². The Morgan fingerprint density at radius 3 is 2.56 bits per heavy atom. The Kier molecular flexibility index (Phi) is 5.02. The maximum absolute atomic E-state index is 12.5. The van der Waals surface area contributed by atoms with E-state index < -0.39 is 23.6 Å². The Hall–Kier alpha value is -1.23. The van der Waals surface area contributed by atoms with Crippen LogP contribution in [-0.2, 0) is 11.0 Å². The van der Waals surface area contributed by atoms with E-state index >= 15 is 0 Å². The van der Waals surface area contributed by atoms with Crippen molar-refractivity contribution in [2.45, 2.75) is 24.9 Å². The van der Waals surface area contributed by atoms with E-state index in [4.69, 9.17) is 16.7 Å². The molecule has 0 aromatic heterocycles. The van der Waals surface area contributed by atoms with Gasteiger partial charge in [0.25, 0.3) is 0 Å². The van der Waals surface area contributed by atoms with Gasteiger partial charge >= 0.3 is 12.1 Å². The van der Waals surface area contributed by atoms with E-state index in [1.807, 2.05) is 0 Å². The fraction of sp³-hybridized carbons (Fsp3) is 0.417. The van der Waals surface area contributed by atoms with Crippen LogP contribution >= 0.6 is 11.6 Å². The monoisotopic (exact) mass is 280 g/mol. The van der Waals surface area contributed by atoms with Gasteiger partial charge < -0.3 is 5.11 Å². The highest BCUT2D eigenvalue weighted by Gasteiger charge is 2.31. The van der Waals surface area contributed by atoms with Gasteiger partial charge in [0, 0.05) is 5.88 Å². The highest BCUT2D eigenvalue weighted by molar-refractivity contribution is 6.17. The first kappa shape index (κ1) is 14.8. The molecule has 2 nitrogen and oxygen atoms in total. The van der Waals surface area contributed by atoms with Gasteiger partial charge in [-0.3, -0.25) is 4.79 Å². The lowest BCUT2D eigenvalue weighted by Crippen LogP contribution is -2.13. The Labute approximate surface area is 107 Å². The standard InChI is InChI=1S/C12H12ClF3O2/c13-6-2-5-10(11(17)18)8-3-1-4-9(7-8)12(14,15)16/h1,3-4,7,10H,2,5-6H2,(H,17,18). The van der Waals surface area contributed by atoms with E-state index in [2.05, 4.69) is 0 Å². The molecule has 0 aliphatic heterocycles. The zero-order valence-electron chi connectivity index (χ0n) is 9.38. The number of hydrogen-bond donors (Lipinski definition) is 1. The molecule has 0 aliphatic carbocycles. The number of aliphatic carboxylic acids is 1. The maximum Gasteiger partial charge on any atom is 0.416 e. The lowest BCUT2D eigenvalue weighted by atomic mass is 9.93. The minimum absolute atomic E-state index is 0.155. The van der Waals surface area contributed by atoms with Crippen molar-refractivity contribution in [3.8, 4) is 0 Å². The van der Waals surface area contributed by atoms with Crippen LogP contribution < -0.4 is 0 Å². The summed E-state index contributed by atoms with van der Waals surface area (Å²) < 4.78 is 37.5. The van der Waals surface area contributed by atoms with Crippen LogP contribution in [0, 0.1) is 0 Å². The van der Waals surface area contributed by atoms with E-state index in [9.17, 15) is 18.0 Å². The van der Waals surface area contributed by atoms with Crippen molar-refractivity contribution >= 4 is 17.6 Å². The fourth-order valence-electron chi connectivity index (χ4n) is 1.65. The molecule has 0 heterocycles. The molecule has 1 aromatic carbocycles. The molecule has 0 amide bonds. The SMILES string of the molecule is O=C(O)C(CCCCl)c1cccc(C(F)(F)F)c1. The lowest BCUT2D eigenvalue weighted by molar-refractivity contribution is -0.140. The van der Waals surface area contributed by atoms with Crippen molar-refractivity contribution in [1.82, 2.24) is 0 Å². The van der Waals surface area contributed by atoms with Crippen LogP contribution in [0.4, 0.5) is 13.2 Å². The molecule has 100 valence electrons. The minimum atomic E-state index is -4.47. The zero-order chi connectivity index (χ0) is 13.8. The van der Waals surface area contributed by atoms with Gasteiger partial charge in [-0.15, -0.1) is 11.6 Å². The molecule has 0 saturated carbocycles. The number of carbonyl (C=O) groups is 1. The smallest absolute Gasteiger partial charge is 0.416 e. The maximum atomic E-state index is 12.5. The summed E-state index contributed by atoms with van der Waals surface area (Å²) in [5.41, 5.74) is -0.681. The number of carboxylic acid groups (broad SMARTS) is 1. The van der Waals surface area contributed by atoms with Crippen LogP contribution in [0.25, 0.3) is 0 Å². The summed E-state index contributed by atoms with van der Waals surface area (Å²) in [6.45, 7) is 0. The number of carboxylic acids is 1.